The van der Waals surface area contributed by atoms with Crippen LogP contribution in [0.4, 0.5) is 11.4 Å². The fraction of sp³-hybridized carbons (Fsp3) is 0.143. The minimum absolute atomic E-state index is 0.0383. The average Bonchev–Trinajstić information content (AvgIpc) is 3.27. The lowest BCUT2D eigenvalue weighted by Crippen LogP contribution is -1.96. The molecule has 0 saturated carbocycles. The van der Waals surface area contributed by atoms with Gasteiger partial charge in [-0.1, -0.05) is 24.3 Å². The van der Waals surface area contributed by atoms with Gasteiger partial charge in [0.1, 0.15) is 12.2 Å². The molecule has 2 aromatic carbocycles. The number of nitro benzene ring substituents is 2. The summed E-state index contributed by atoms with van der Waals surface area (Å²) in [6, 6.07) is 12.5. The molecule has 0 N–H and O–H groups in total. The summed E-state index contributed by atoms with van der Waals surface area (Å²) in [5.41, 5.74) is 0.795. The highest BCUT2D eigenvalue weighted by atomic mass is 16.6. The third-order valence-electron chi connectivity index (χ3n) is 3.37. The third kappa shape index (κ3) is 2.34. The molecule has 7 nitrogen and oxygen atoms in total. The summed E-state index contributed by atoms with van der Waals surface area (Å²) < 4.78 is 5.46. The van der Waals surface area contributed by atoms with Crippen molar-refractivity contribution in [2.45, 2.75) is 12.2 Å². The van der Waals surface area contributed by atoms with E-state index in [9.17, 15) is 20.2 Å². The number of epoxide rings is 1. The van der Waals surface area contributed by atoms with Gasteiger partial charge < -0.3 is 4.74 Å². The Balaban J connectivity index is 1.95. The molecule has 1 heterocycles. The van der Waals surface area contributed by atoms with E-state index < -0.39 is 22.1 Å². The van der Waals surface area contributed by atoms with Crippen molar-refractivity contribution >= 4 is 11.4 Å². The number of rotatable bonds is 4. The number of hydrogen-bond donors (Lipinski definition) is 0. The van der Waals surface area contributed by atoms with E-state index in [1.54, 1.807) is 36.4 Å². The van der Waals surface area contributed by atoms with Crippen molar-refractivity contribution in [2.24, 2.45) is 0 Å². The van der Waals surface area contributed by atoms with Crippen LogP contribution >= 0.6 is 0 Å². The first-order valence-corrected chi connectivity index (χ1v) is 6.21. The van der Waals surface area contributed by atoms with Crippen LogP contribution in [0.25, 0.3) is 0 Å². The number of nitro groups is 2. The first-order valence-electron chi connectivity index (χ1n) is 6.21. The normalized spacial score (nSPS) is 20.0. The van der Waals surface area contributed by atoms with Crippen molar-refractivity contribution in [3.8, 4) is 0 Å². The molecule has 21 heavy (non-hydrogen) atoms. The van der Waals surface area contributed by atoms with Gasteiger partial charge in [0.25, 0.3) is 11.4 Å². The quantitative estimate of drug-likeness (QED) is 0.487. The molecule has 0 radical (unpaired) electrons. The van der Waals surface area contributed by atoms with Gasteiger partial charge in [0.2, 0.25) is 0 Å². The highest BCUT2D eigenvalue weighted by Crippen LogP contribution is 2.54. The summed E-state index contributed by atoms with van der Waals surface area (Å²) in [6.07, 6.45) is -1.04. The van der Waals surface area contributed by atoms with Gasteiger partial charge in [-0.25, -0.2) is 0 Å². The van der Waals surface area contributed by atoms with Gasteiger partial charge in [-0.3, -0.25) is 20.2 Å². The van der Waals surface area contributed by atoms with Crippen LogP contribution in [-0.4, -0.2) is 9.85 Å². The Bertz CT molecular complexity index is 669. The Hall–Kier alpha value is -2.80. The second-order valence-electron chi connectivity index (χ2n) is 4.61. The number of para-hydroxylation sites is 2. The zero-order chi connectivity index (χ0) is 15.0. The van der Waals surface area contributed by atoms with Crippen LogP contribution in [0, 0.1) is 20.2 Å². The van der Waals surface area contributed by atoms with E-state index in [4.69, 9.17) is 4.74 Å². The van der Waals surface area contributed by atoms with Gasteiger partial charge in [-0.15, -0.1) is 0 Å². The Morgan fingerprint density at radius 2 is 1.14 bits per heavy atom. The van der Waals surface area contributed by atoms with Crippen molar-refractivity contribution < 1.29 is 14.6 Å². The van der Waals surface area contributed by atoms with Crippen molar-refractivity contribution in [3.05, 3.63) is 79.9 Å². The highest BCUT2D eigenvalue weighted by Gasteiger charge is 2.47. The van der Waals surface area contributed by atoms with Gasteiger partial charge in [0.15, 0.2) is 0 Å². The van der Waals surface area contributed by atoms with E-state index in [1.165, 1.54) is 12.1 Å². The van der Waals surface area contributed by atoms with E-state index in [2.05, 4.69) is 0 Å². The van der Waals surface area contributed by atoms with E-state index >= 15 is 0 Å². The molecule has 0 spiro atoms. The molecule has 0 aromatic heterocycles. The van der Waals surface area contributed by atoms with Gasteiger partial charge in [-0.05, 0) is 12.1 Å². The molecule has 106 valence electrons. The monoisotopic (exact) mass is 286 g/mol. The average molecular weight is 286 g/mol. The topological polar surface area (TPSA) is 98.8 Å². The summed E-state index contributed by atoms with van der Waals surface area (Å²) in [7, 11) is 0. The molecule has 0 unspecified atom stereocenters. The van der Waals surface area contributed by atoms with Crippen LogP contribution < -0.4 is 0 Å². The molecule has 1 saturated heterocycles. The number of hydrogen-bond acceptors (Lipinski definition) is 5. The van der Waals surface area contributed by atoms with Gasteiger partial charge in [0.05, 0.1) is 21.0 Å². The van der Waals surface area contributed by atoms with Gasteiger partial charge in [0, 0.05) is 12.1 Å². The van der Waals surface area contributed by atoms with Gasteiger partial charge >= 0.3 is 0 Å². The molecule has 0 bridgehead atoms. The SMILES string of the molecule is O=[N+]([O-])c1ccccc1[C@@H]1O[C@H]1c1ccccc1[N+](=O)[O-]. The Kier molecular flexibility index (Phi) is 3.11. The molecule has 0 amide bonds. The number of nitrogens with zero attached hydrogens (tertiary/aromatic N) is 2. The van der Waals surface area contributed by atoms with Crippen LogP contribution in [0.1, 0.15) is 23.3 Å². The first kappa shape index (κ1) is 13.2. The van der Waals surface area contributed by atoms with Crippen LogP contribution in [0.3, 0.4) is 0 Å². The maximum absolute atomic E-state index is 11.0. The lowest BCUT2D eigenvalue weighted by Gasteiger charge is -2.00. The molecule has 2 aromatic rings. The zero-order valence-electron chi connectivity index (χ0n) is 10.7. The molecule has 7 heteroatoms. The van der Waals surface area contributed by atoms with Crippen molar-refractivity contribution in [2.75, 3.05) is 0 Å². The second-order valence-corrected chi connectivity index (χ2v) is 4.61. The van der Waals surface area contributed by atoms with Crippen molar-refractivity contribution in [3.63, 3.8) is 0 Å². The maximum atomic E-state index is 11.0. The first-order chi connectivity index (χ1) is 10.1. The predicted octanol–water partition coefficient (Wildman–Crippen LogP) is 3.32. The Morgan fingerprint density at radius 3 is 1.52 bits per heavy atom. The molecular formula is C14H10N2O5. The standard InChI is InChI=1S/C14H10N2O5/c17-15(18)11-7-3-1-5-9(11)13-14(21-13)10-6-2-4-8-12(10)16(19)20/h1-8,13-14H/t13-,14-/m0/s1. The number of benzene rings is 2. The largest absolute Gasteiger partial charge is 0.359 e. The third-order valence-corrected chi connectivity index (χ3v) is 3.37. The van der Waals surface area contributed by atoms with Gasteiger partial charge in [-0.2, -0.15) is 0 Å². The molecule has 2 atom stereocenters. The Labute approximate surface area is 119 Å². The molecule has 1 aliphatic heterocycles. The van der Waals surface area contributed by atoms with Crippen LogP contribution in [0.5, 0.6) is 0 Å². The van der Waals surface area contributed by atoms with E-state index in [-0.39, 0.29) is 11.4 Å². The summed E-state index contributed by atoms with van der Waals surface area (Å²) >= 11 is 0. The fourth-order valence-electron chi connectivity index (χ4n) is 2.37. The highest BCUT2D eigenvalue weighted by molar-refractivity contribution is 5.49. The summed E-state index contributed by atoms with van der Waals surface area (Å²) in [4.78, 5) is 21.1. The lowest BCUT2D eigenvalue weighted by molar-refractivity contribution is -0.386. The zero-order valence-corrected chi connectivity index (χ0v) is 10.7. The Morgan fingerprint density at radius 1 is 0.762 bits per heavy atom. The predicted molar refractivity (Wildman–Crippen MR) is 72.8 cm³/mol. The van der Waals surface area contributed by atoms with E-state index in [0.29, 0.717) is 11.1 Å². The summed E-state index contributed by atoms with van der Waals surface area (Å²) in [5.74, 6) is 0. The molecule has 1 aliphatic rings. The van der Waals surface area contributed by atoms with Crippen molar-refractivity contribution in [1.29, 1.82) is 0 Å². The van der Waals surface area contributed by atoms with Crippen molar-refractivity contribution in [1.82, 2.24) is 0 Å². The molecule has 1 fully saturated rings. The summed E-state index contributed by atoms with van der Waals surface area (Å²) in [6.45, 7) is 0. The second kappa shape index (κ2) is 4.95. The summed E-state index contributed by atoms with van der Waals surface area (Å²) in [5, 5.41) is 22.0. The molecule has 0 aliphatic carbocycles. The lowest BCUT2D eigenvalue weighted by atomic mass is 10.0. The minimum atomic E-state index is -0.521. The minimum Gasteiger partial charge on any atom is -0.359 e. The van der Waals surface area contributed by atoms with Crippen LogP contribution in [0.2, 0.25) is 0 Å². The molecular weight excluding hydrogens is 276 g/mol. The fourth-order valence-corrected chi connectivity index (χ4v) is 2.37. The van der Waals surface area contributed by atoms with Crippen LogP contribution in [0.15, 0.2) is 48.5 Å². The smallest absolute Gasteiger partial charge is 0.275 e. The van der Waals surface area contributed by atoms with E-state index in [0.717, 1.165) is 0 Å². The molecule has 3 rings (SSSR count). The van der Waals surface area contributed by atoms with Crippen LogP contribution in [-0.2, 0) is 4.74 Å². The number of ether oxygens (including phenoxy) is 1. The maximum Gasteiger partial charge on any atom is 0.275 e. The van der Waals surface area contributed by atoms with E-state index in [1.807, 2.05) is 0 Å².